The number of anilines is 1. The second-order valence-electron chi connectivity index (χ2n) is 3.76. The number of nitrogens with zero attached hydrogens (tertiary/aromatic N) is 1. The summed E-state index contributed by atoms with van der Waals surface area (Å²) in [6, 6.07) is 6.77. The van der Waals surface area contributed by atoms with Gasteiger partial charge in [-0.25, -0.2) is 4.79 Å². The van der Waals surface area contributed by atoms with E-state index in [1.165, 1.54) is 14.0 Å². The highest BCUT2D eigenvalue weighted by atomic mass is 16.5. The third-order valence-corrected chi connectivity index (χ3v) is 2.47. The summed E-state index contributed by atoms with van der Waals surface area (Å²) < 4.78 is 4.71. The van der Waals surface area contributed by atoms with Crippen molar-refractivity contribution in [1.29, 1.82) is 0 Å². The van der Waals surface area contributed by atoms with Gasteiger partial charge in [-0.2, -0.15) is 0 Å². The molecule has 0 aliphatic heterocycles. The number of amides is 1. The van der Waals surface area contributed by atoms with Gasteiger partial charge in [0, 0.05) is 24.2 Å². The zero-order valence-electron chi connectivity index (χ0n) is 10.1. The second kappa shape index (κ2) is 4.83. The number of pyridine rings is 1. The molecule has 0 saturated heterocycles. The number of carbonyl (C=O) groups excluding carboxylic acids is 2. The van der Waals surface area contributed by atoms with Crippen molar-refractivity contribution >= 4 is 28.5 Å². The number of benzene rings is 1. The van der Waals surface area contributed by atoms with E-state index in [-0.39, 0.29) is 5.91 Å². The van der Waals surface area contributed by atoms with Crippen molar-refractivity contribution in [2.75, 3.05) is 12.4 Å². The van der Waals surface area contributed by atoms with E-state index in [1.54, 1.807) is 30.5 Å². The Balaban J connectivity index is 2.58. The lowest BCUT2D eigenvalue weighted by Crippen LogP contribution is -2.06. The van der Waals surface area contributed by atoms with E-state index < -0.39 is 5.97 Å². The molecule has 0 unspecified atom stereocenters. The van der Waals surface area contributed by atoms with Gasteiger partial charge in [0.2, 0.25) is 5.91 Å². The van der Waals surface area contributed by atoms with Crippen LogP contribution in [0.3, 0.4) is 0 Å². The molecule has 18 heavy (non-hydrogen) atoms. The van der Waals surface area contributed by atoms with Crippen molar-refractivity contribution < 1.29 is 14.3 Å². The van der Waals surface area contributed by atoms with Gasteiger partial charge in [0.15, 0.2) is 0 Å². The summed E-state index contributed by atoms with van der Waals surface area (Å²) in [6.45, 7) is 1.43. The van der Waals surface area contributed by atoms with E-state index in [9.17, 15) is 9.59 Å². The lowest BCUT2D eigenvalue weighted by Gasteiger charge is -2.07. The van der Waals surface area contributed by atoms with Crippen LogP contribution in [0.1, 0.15) is 17.3 Å². The van der Waals surface area contributed by atoms with Gasteiger partial charge in [-0.1, -0.05) is 0 Å². The van der Waals surface area contributed by atoms with Crippen molar-refractivity contribution in [2.24, 2.45) is 0 Å². The highest BCUT2D eigenvalue weighted by molar-refractivity contribution is 6.04. The Morgan fingerprint density at radius 2 is 2.06 bits per heavy atom. The Labute approximate surface area is 104 Å². The molecule has 0 bridgehead atoms. The zero-order valence-corrected chi connectivity index (χ0v) is 10.1. The maximum Gasteiger partial charge on any atom is 0.338 e. The number of rotatable bonds is 2. The predicted molar refractivity (Wildman–Crippen MR) is 67.4 cm³/mol. The van der Waals surface area contributed by atoms with Gasteiger partial charge in [-0.05, 0) is 24.3 Å². The quantitative estimate of drug-likeness (QED) is 0.820. The van der Waals surface area contributed by atoms with Crippen LogP contribution in [0.15, 0.2) is 30.5 Å². The Morgan fingerprint density at radius 1 is 1.28 bits per heavy atom. The van der Waals surface area contributed by atoms with Gasteiger partial charge < -0.3 is 10.1 Å². The second-order valence-corrected chi connectivity index (χ2v) is 3.76. The fraction of sp³-hybridized carbons (Fsp3) is 0.154. The van der Waals surface area contributed by atoms with Gasteiger partial charge in [0.05, 0.1) is 18.2 Å². The molecule has 2 rings (SSSR count). The van der Waals surface area contributed by atoms with E-state index in [1.807, 2.05) is 0 Å². The monoisotopic (exact) mass is 244 g/mol. The summed E-state index contributed by atoms with van der Waals surface area (Å²) in [5.74, 6) is -0.597. The van der Waals surface area contributed by atoms with E-state index in [0.717, 1.165) is 0 Å². The van der Waals surface area contributed by atoms with Gasteiger partial charge in [0.25, 0.3) is 0 Å². The van der Waals surface area contributed by atoms with E-state index in [0.29, 0.717) is 22.2 Å². The largest absolute Gasteiger partial charge is 0.465 e. The summed E-state index contributed by atoms with van der Waals surface area (Å²) in [5.41, 5.74) is 1.72. The minimum atomic E-state index is -0.428. The number of hydrogen-bond acceptors (Lipinski definition) is 4. The standard InChI is InChI=1S/C13H12N2O3/c1-8(16)15-9-3-4-12-11(7-9)10(5-6-14-12)13(17)18-2/h3-7H,1-2H3,(H,15,16). The number of fused-ring (bicyclic) bond motifs is 1. The highest BCUT2D eigenvalue weighted by Crippen LogP contribution is 2.21. The van der Waals surface area contributed by atoms with Gasteiger partial charge in [-0.3, -0.25) is 9.78 Å². The van der Waals surface area contributed by atoms with Crippen molar-refractivity contribution in [2.45, 2.75) is 6.92 Å². The Kier molecular flexibility index (Phi) is 3.23. The normalized spacial score (nSPS) is 10.1. The molecule has 0 spiro atoms. The van der Waals surface area contributed by atoms with Crippen molar-refractivity contribution in [3.8, 4) is 0 Å². The topological polar surface area (TPSA) is 68.3 Å². The summed E-state index contributed by atoms with van der Waals surface area (Å²) in [4.78, 5) is 26.8. The molecule has 1 amide bonds. The van der Waals surface area contributed by atoms with Crippen LogP contribution < -0.4 is 5.32 Å². The molecule has 0 aliphatic rings. The number of hydrogen-bond donors (Lipinski definition) is 1. The first-order valence-electron chi connectivity index (χ1n) is 5.36. The molecule has 0 fully saturated rings. The van der Waals surface area contributed by atoms with E-state index in [4.69, 9.17) is 4.74 Å². The van der Waals surface area contributed by atoms with Crippen LogP contribution in [0.25, 0.3) is 10.9 Å². The van der Waals surface area contributed by atoms with Crippen LogP contribution in [0.4, 0.5) is 5.69 Å². The molecule has 0 saturated carbocycles. The molecule has 5 heteroatoms. The van der Waals surface area contributed by atoms with Crippen molar-refractivity contribution in [3.05, 3.63) is 36.0 Å². The predicted octanol–water partition coefficient (Wildman–Crippen LogP) is 1.98. The van der Waals surface area contributed by atoms with E-state index >= 15 is 0 Å². The van der Waals surface area contributed by atoms with Gasteiger partial charge >= 0.3 is 5.97 Å². The molecule has 1 aromatic carbocycles. The Hall–Kier alpha value is -2.43. The van der Waals surface area contributed by atoms with Crippen LogP contribution in [-0.4, -0.2) is 24.0 Å². The van der Waals surface area contributed by atoms with Crippen molar-refractivity contribution in [1.82, 2.24) is 4.98 Å². The molecule has 1 aromatic heterocycles. The summed E-state index contributed by atoms with van der Waals surface area (Å²) in [5, 5.41) is 3.31. The first-order valence-corrected chi connectivity index (χ1v) is 5.36. The summed E-state index contributed by atoms with van der Waals surface area (Å²) in [6.07, 6.45) is 1.55. The van der Waals surface area contributed by atoms with Crippen LogP contribution in [-0.2, 0) is 9.53 Å². The maximum absolute atomic E-state index is 11.6. The summed E-state index contributed by atoms with van der Waals surface area (Å²) in [7, 11) is 1.33. The number of methoxy groups -OCH3 is 1. The van der Waals surface area contributed by atoms with Crippen molar-refractivity contribution in [3.63, 3.8) is 0 Å². The average Bonchev–Trinajstić information content (AvgIpc) is 2.36. The van der Waals surface area contributed by atoms with Crippen LogP contribution in [0, 0.1) is 0 Å². The molecular formula is C13H12N2O3. The number of aromatic nitrogens is 1. The average molecular weight is 244 g/mol. The molecule has 0 aliphatic carbocycles. The third-order valence-electron chi connectivity index (χ3n) is 2.47. The van der Waals surface area contributed by atoms with Crippen LogP contribution in [0.2, 0.25) is 0 Å². The molecule has 1 N–H and O–H groups in total. The molecule has 5 nitrogen and oxygen atoms in total. The fourth-order valence-corrected chi connectivity index (χ4v) is 1.72. The van der Waals surface area contributed by atoms with Crippen LogP contribution in [0.5, 0.6) is 0 Å². The highest BCUT2D eigenvalue weighted by Gasteiger charge is 2.11. The minimum absolute atomic E-state index is 0.169. The SMILES string of the molecule is COC(=O)c1ccnc2ccc(NC(C)=O)cc12. The summed E-state index contributed by atoms with van der Waals surface area (Å²) >= 11 is 0. The lowest BCUT2D eigenvalue weighted by molar-refractivity contribution is -0.114. The Morgan fingerprint density at radius 3 is 2.72 bits per heavy atom. The molecule has 0 atom stereocenters. The first kappa shape index (κ1) is 12.0. The molecule has 0 radical (unpaired) electrons. The lowest BCUT2D eigenvalue weighted by atomic mass is 10.1. The molecule has 92 valence electrons. The fourth-order valence-electron chi connectivity index (χ4n) is 1.72. The number of ether oxygens (including phenoxy) is 1. The van der Waals surface area contributed by atoms with Crippen LogP contribution >= 0.6 is 0 Å². The zero-order chi connectivity index (χ0) is 13.1. The number of carbonyl (C=O) groups is 2. The third kappa shape index (κ3) is 2.29. The maximum atomic E-state index is 11.6. The van der Waals surface area contributed by atoms with Gasteiger partial charge in [0.1, 0.15) is 0 Å². The number of esters is 1. The minimum Gasteiger partial charge on any atom is -0.465 e. The molecular weight excluding hydrogens is 232 g/mol. The molecule has 1 heterocycles. The Bertz CT molecular complexity index is 623. The number of nitrogens with one attached hydrogen (secondary N) is 1. The smallest absolute Gasteiger partial charge is 0.338 e. The first-order chi connectivity index (χ1) is 8.61. The van der Waals surface area contributed by atoms with Gasteiger partial charge in [-0.15, -0.1) is 0 Å². The van der Waals surface area contributed by atoms with E-state index in [2.05, 4.69) is 10.3 Å². The molecule has 2 aromatic rings.